The van der Waals surface area contributed by atoms with Crippen molar-refractivity contribution in [2.45, 2.75) is 32.4 Å². The Morgan fingerprint density at radius 2 is 2.38 bits per heavy atom. The maximum absolute atomic E-state index is 14.2. The molecule has 2 heterocycles. The summed E-state index contributed by atoms with van der Waals surface area (Å²) in [6.45, 7) is 2.74. The number of aliphatic imine (C=N–C) groups is 1. The number of ether oxygens (including phenoxy) is 1. The molecule has 0 aliphatic carbocycles. The van der Waals surface area contributed by atoms with Crippen LogP contribution in [0.4, 0.5) is 10.1 Å². The van der Waals surface area contributed by atoms with E-state index >= 15 is 0 Å². The van der Waals surface area contributed by atoms with Gasteiger partial charge in [0.05, 0.1) is 17.9 Å². The third-order valence-electron chi connectivity index (χ3n) is 4.18. The molecular weight excluding hydrogens is 423 g/mol. The van der Waals surface area contributed by atoms with Gasteiger partial charge in [-0.25, -0.2) is 9.18 Å². The van der Waals surface area contributed by atoms with Crippen LogP contribution in [0, 0.1) is 10.6 Å². The van der Waals surface area contributed by atoms with Gasteiger partial charge < -0.3 is 20.0 Å². The van der Waals surface area contributed by atoms with E-state index in [1.807, 2.05) is 4.57 Å². The Morgan fingerprint density at radius 3 is 3.08 bits per heavy atom. The molecule has 1 aliphatic rings. The Labute approximate surface area is 163 Å². The van der Waals surface area contributed by atoms with Gasteiger partial charge in [0, 0.05) is 28.6 Å². The van der Waals surface area contributed by atoms with E-state index in [1.165, 1.54) is 12.3 Å². The average molecular weight is 441 g/mol. The van der Waals surface area contributed by atoms with Gasteiger partial charge >= 0.3 is 5.97 Å². The molecule has 3 N–H and O–H groups in total. The minimum Gasteiger partial charge on any atom is -0.464 e. The first-order valence-electron chi connectivity index (χ1n) is 8.18. The van der Waals surface area contributed by atoms with Crippen molar-refractivity contribution in [3.05, 3.63) is 44.1 Å². The Balaban J connectivity index is 2.02. The first-order valence-corrected chi connectivity index (χ1v) is 9.38. The molecule has 26 heavy (non-hydrogen) atoms. The van der Waals surface area contributed by atoms with Crippen LogP contribution in [-0.4, -0.2) is 28.3 Å². The van der Waals surface area contributed by atoms with Crippen LogP contribution in [0.2, 0.25) is 0 Å². The second-order valence-electron chi connectivity index (χ2n) is 5.87. The highest BCUT2D eigenvalue weighted by Crippen LogP contribution is 2.28. The Hall–Kier alpha value is -2.00. The highest BCUT2D eigenvalue weighted by atomic mass is 79.9. The molecule has 0 fully saturated rings. The zero-order chi connectivity index (χ0) is 18.8. The lowest BCUT2D eigenvalue weighted by atomic mass is 10.1. The number of nitrogens with one attached hydrogen (secondary N) is 1. The van der Waals surface area contributed by atoms with Crippen molar-refractivity contribution in [3.8, 4) is 0 Å². The molecule has 1 unspecified atom stereocenters. The summed E-state index contributed by atoms with van der Waals surface area (Å²) in [5.74, 6) is -1.05. The zero-order valence-electron chi connectivity index (χ0n) is 14.1. The van der Waals surface area contributed by atoms with E-state index in [2.05, 4.69) is 25.9 Å². The number of aromatic amines is 1. The minimum atomic E-state index is -0.951. The summed E-state index contributed by atoms with van der Waals surface area (Å²) < 4.78 is 22.4. The van der Waals surface area contributed by atoms with Crippen LogP contribution in [0.5, 0.6) is 0 Å². The average Bonchev–Trinajstić information content (AvgIpc) is 3.15. The summed E-state index contributed by atoms with van der Waals surface area (Å²) in [6, 6.07) is 1.92. The van der Waals surface area contributed by atoms with Gasteiger partial charge in [-0.15, -0.1) is 0 Å². The van der Waals surface area contributed by atoms with Crippen LogP contribution in [0.15, 0.2) is 21.6 Å². The number of esters is 1. The van der Waals surface area contributed by atoms with Crippen molar-refractivity contribution in [3.63, 3.8) is 0 Å². The molecule has 3 rings (SSSR count). The standard InChI is InChI=1S/C17H18BrFN4O2S/c1-2-25-16(24)15(14-13-4-3-5-23(13)17(26)22-14)21-8-10-11(19)6-9(18)7-12(10)20/h6-8,15H,2-5,20H2,1H3,(H,22,26). The minimum absolute atomic E-state index is 0.122. The fourth-order valence-corrected chi connectivity index (χ4v) is 3.78. The molecule has 1 aromatic heterocycles. The number of benzene rings is 1. The number of carbonyl (C=O) groups is 1. The van der Waals surface area contributed by atoms with Crippen molar-refractivity contribution in [1.29, 1.82) is 0 Å². The number of imidazole rings is 1. The number of nitrogens with zero attached hydrogens (tertiary/aromatic N) is 2. The lowest BCUT2D eigenvalue weighted by Gasteiger charge is -2.12. The largest absolute Gasteiger partial charge is 0.464 e. The van der Waals surface area contributed by atoms with Crippen LogP contribution in [-0.2, 0) is 22.5 Å². The second-order valence-corrected chi connectivity index (χ2v) is 7.17. The summed E-state index contributed by atoms with van der Waals surface area (Å²) >= 11 is 8.51. The van der Waals surface area contributed by atoms with Crippen LogP contribution in [0.3, 0.4) is 0 Å². The van der Waals surface area contributed by atoms with Gasteiger partial charge in [-0.3, -0.25) is 4.99 Å². The van der Waals surface area contributed by atoms with E-state index < -0.39 is 17.8 Å². The van der Waals surface area contributed by atoms with E-state index in [1.54, 1.807) is 13.0 Å². The second kappa shape index (κ2) is 7.71. The normalized spacial score (nSPS) is 14.6. The summed E-state index contributed by atoms with van der Waals surface area (Å²) in [5, 5.41) is 0. The van der Waals surface area contributed by atoms with Gasteiger partial charge in [-0.2, -0.15) is 0 Å². The van der Waals surface area contributed by atoms with Gasteiger partial charge in [-0.1, -0.05) is 15.9 Å². The molecule has 0 radical (unpaired) electrons. The highest BCUT2D eigenvalue weighted by molar-refractivity contribution is 9.10. The SMILES string of the molecule is CCOC(=O)C(N=Cc1c(N)cc(Br)cc1F)c1[nH]c(=S)n2c1CCC2. The van der Waals surface area contributed by atoms with Gasteiger partial charge in [-0.05, 0) is 44.1 Å². The number of hydrogen-bond donors (Lipinski definition) is 2. The number of hydrogen-bond acceptors (Lipinski definition) is 5. The summed E-state index contributed by atoms with van der Waals surface area (Å²) in [5.41, 5.74) is 7.75. The number of carbonyl (C=O) groups excluding carboxylic acids is 1. The molecule has 6 nitrogen and oxygen atoms in total. The van der Waals surface area contributed by atoms with Crippen molar-refractivity contribution in [1.82, 2.24) is 9.55 Å². The third kappa shape index (κ3) is 3.59. The fraction of sp³-hybridized carbons (Fsp3) is 0.353. The number of fused-ring (bicyclic) bond motifs is 1. The molecule has 9 heteroatoms. The van der Waals surface area contributed by atoms with Crippen molar-refractivity contribution < 1.29 is 13.9 Å². The fourth-order valence-electron chi connectivity index (χ4n) is 3.02. The number of anilines is 1. The number of halogens is 2. The van der Waals surface area contributed by atoms with Crippen molar-refractivity contribution in [2.75, 3.05) is 12.3 Å². The predicted molar refractivity (Wildman–Crippen MR) is 103 cm³/mol. The van der Waals surface area contributed by atoms with E-state index in [0.29, 0.717) is 14.9 Å². The maximum atomic E-state index is 14.2. The lowest BCUT2D eigenvalue weighted by Crippen LogP contribution is -2.16. The lowest BCUT2D eigenvalue weighted by molar-refractivity contribution is -0.144. The molecule has 0 spiro atoms. The number of rotatable bonds is 5. The molecule has 0 saturated heterocycles. The Bertz CT molecular complexity index is 914. The number of H-pyrrole nitrogens is 1. The van der Waals surface area contributed by atoms with Crippen molar-refractivity contribution >= 4 is 46.0 Å². The van der Waals surface area contributed by atoms with Crippen LogP contribution < -0.4 is 5.73 Å². The summed E-state index contributed by atoms with van der Waals surface area (Å²) in [4.78, 5) is 19.8. The quantitative estimate of drug-likeness (QED) is 0.321. The topological polar surface area (TPSA) is 85.4 Å². The molecule has 0 amide bonds. The van der Waals surface area contributed by atoms with Crippen LogP contribution in [0.25, 0.3) is 0 Å². The Kier molecular flexibility index (Phi) is 5.57. The van der Waals surface area contributed by atoms with Crippen molar-refractivity contribution in [2.24, 2.45) is 4.99 Å². The first kappa shape index (κ1) is 18.8. The third-order valence-corrected chi connectivity index (χ3v) is 4.96. The number of aromatic nitrogens is 2. The highest BCUT2D eigenvalue weighted by Gasteiger charge is 2.29. The summed E-state index contributed by atoms with van der Waals surface area (Å²) in [7, 11) is 0. The predicted octanol–water partition coefficient (Wildman–Crippen LogP) is 3.70. The van der Waals surface area contributed by atoms with Gasteiger partial charge in [0.25, 0.3) is 0 Å². The van der Waals surface area contributed by atoms with Crippen LogP contribution in [0.1, 0.15) is 36.3 Å². The Morgan fingerprint density at radius 1 is 1.62 bits per heavy atom. The molecule has 2 aromatic rings. The van der Waals surface area contributed by atoms with Gasteiger partial charge in [0.2, 0.25) is 0 Å². The number of nitrogens with two attached hydrogens (primary N) is 1. The molecular formula is C17H18BrFN4O2S. The van der Waals surface area contributed by atoms with Crippen LogP contribution >= 0.6 is 28.1 Å². The van der Waals surface area contributed by atoms with E-state index in [0.717, 1.165) is 25.1 Å². The number of nitrogen functional groups attached to an aromatic ring is 1. The van der Waals surface area contributed by atoms with E-state index in [9.17, 15) is 9.18 Å². The molecule has 1 atom stereocenters. The molecule has 138 valence electrons. The maximum Gasteiger partial charge on any atom is 0.337 e. The summed E-state index contributed by atoms with van der Waals surface area (Å²) in [6.07, 6.45) is 3.02. The van der Waals surface area contributed by atoms with E-state index in [4.69, 9.17) is 22.7 Å². The molecule has 1 aromatic carbocycles. The smallest absolute Gasteiger partial charge is 0.337 e. The molecule has 0 bridgehead atoms. The monoisotopic (exact) mass is 440 g/mol. The zero-order valence-corrected chi connectivity index (χ0v) is 16.5. The van der Waals surface area contributed by atoms with Gasteiger partial charge in [0.1, 0.15) is 5.82 Å². The molecule has 1 aliphatic heterocycles. The molecule has 0 saturated carbocycles. The van der Waals surface area contributed by atoms with Gasteiger partial charge in [0.15, 0.2) is 10.8 Å². The van der Waals surface area contributed by atoms with E-state index in [-0.39, 0.29) is 17.9 Å². The first-order chi connectivity index (χ1) is 12.4.